The van der Waals surface area contributed by atoms with Gasteiger partial charge in [0.2, 0.25) is 5.91 Å². The molecule has 0 radical (unpaired) electrons. The van der Waals surface area contributed by atoms with Gasteiger partial charge in [-0.15, -0.1) is 0 Å². The smallest absolute Gasteiger partial charge is 0.266 e. The monoisotopic (exact) mass is 522 g/mol. The summed E-state index contributed by atoms with van der Waals surface area (Å²) in [6, 6.07) is 23.2. The molecule has 0 aliphatic carbocycles. The Balaban J connectivity index is 1.28. The van der Waals surface area contributed by atoms with Crippen LogP contribution in [0, 0.1) is 0 Å². The van der Waals surface area contributed by atoms with Crippen molar-refractivity contribution in [2.75, 3.05) is 11.4 Å². The largest absolute Gasteiger partial charge is 0.293 e. The maximum Gasteiger partial charge on any atom is 0.266 e. The molecule has 1 fully saturated rings. The number of anilines is 2. The van der Waals surface area contributed by atoms with E-state index in [0.29, 0.717) is 33.6 Å². The predicted molar refractivity (Wildman–Crippen MR) is 145 cm³/mol. The number of carbonyl (C=O) groups is 2. The summed E-state index contributed by atoms with van der Waals surface area (Å²) < 4.78 is 0.501. The van der Waals surface area contributed by atoms with Gasteiger partial charge in [0.15, 0.2) is 0 Å². The van der Waals surface area contributed by atoms with Crippen molar-refractivity contribution in [3.63, 3.8) is 0 Å². The van der Waals surface area contributed by atoms with E-state index in [9.17, 15) is 9.59 Å². The fraction of sp³-hybridized carbons (Fsp3) is 0.115. The molecular formula is C26H19ClN2O2S3. The Hall–Kier alpha value is -2.58. The molecule has 2 aliphatic rings. The highest BCUT2D eigenvalue weighted by Gasteiger charge is 2.32. The second kappa shape index (κ2) is 9.96. The van der Waals surface area contributed by atoms with Crippen molar-refractivity contribution in [2.24, 2.45) is 0 Å². The molecule has 2 aliphatic heterocycles. The number of benzene rings is 3. The van der Waals surface area contributed by atoms with Crippen molar-refractivity contribution in [2.45, 2.75) is 22.6 Å². The number of carbonyl (C=O) groups excluding carboxylic acids is 2. The number of halogens is 1. The summed E-state index contributed by atoms with van der Waals surface area (Å²) in [5, 5.41) is 0.582. The molecule has 34 heavy (non-hydrogen) atoms. The van der Waals surface area contributed by atoms with Gasteiger partial charge in [0.1, 0.15) is 4.32 Å². The van der Waals surface area contributed by atoms with Crippen LogP contribution in [0.3, 0.4) is 0 Å². The van der Waals surface area contributed by atoms with Crippen LogP contribution in [0.5, 0.6) is 0 Å². The van der Waals surface area contributed by atoms with E-state index in [1.807, 2.05) is 66.7 Å². The van der Waals surface area contributed by atoms with Crippen molar-refractivity contribution in [1.29, 1.82) is 0 Å². The molecule has 0 N–H and O–H groups in total. The van der Waals surface area contributed by atoms with Crippen molar-refractivity contribution in [1.82, 2.24) is 4.90 Å². The van der Waals surface area contributed by atoms with E-state index in [1.165, 1.54) is 11.8 Å². The molecule has 8 heteroatoms. The highest BCUT2D eigenvalue weighted by molar-refractivity contribution is 8.26. The van der Waals surface area contributed by atoms with Crippen LogP contribution >= 0.6 is 47.3 Å². The first kappa shape index (κ1) is 23.2. The first-order valence-electron chi connectivity index (χ1n) is 10.7. The van der Waals surface area contributed by atoms with Gasteiger partial charge in [0.05, 0.1) is 16.3 Å². The van der Waals surface area contributed by atoms with E-state index >= 15 is 0 Å². The fourth-order valence-corrected chi connectivity index (χ4v) is 6.45. The zero-order valence-electron chi connectivity index (χ0n) is 17.9. The van der Waals surface area contributed by atoms with Gasteiger partial charge in [-0.25, -0.2) is 0 Å². The zero-order chi connectivity index (χ0) is 23.7. The number of rotatable bonds is 5. The van der Waals surface area contributed by atoms with E-state index in [-0.39, 0.29) is 11.8 Å². The highest BCUT2D eigenvalue weighted by atomic mass is 35.5. The van der Waals surface area contributed by atoms with E-state index in [0.717, 1.165) is 26.7 Å². The summed E-state index contributed by atoms with van der Waals surface area (Å²) >= 11 is 14.6. The number of thiocarbonyl (C=S) groups is 1. The highest BCUT2D eigenvalue weighted by Crippen LogP contribution is 2.48. The molecule has 170 valence electrons. The van der Waals surface area contributed by atoms with Gasteiger partial charge in [-0.05, 0) is 48.4 Å². The second-order valence-corrected chi connectivity index (χ2v) is 10.9. The molecule has 0 saturated carbocycles. The molecule has 0 spiro atoms. The Bertz CT molecular complexity index is 1300. The average Bonchev–Trinajstić information content (AvgIpc) is 3.11. The maximum atomic E-state index is 13.4. The molecule has 0 aromatic heterocycles. The van der Waals surface area contributed by atoms with Crippen LogP contribution in [-0.4, -0.2) is 27.6 Å². The lowest BCUT2D eigenvalue weighted by atomic mass is 10.1. The molecule has 3 aromatic rings. The van der Waals surface area contributed by atoms with Gasteiger partial charge in [0.25, 0.3) is 5.91 Å². The molecule has 2 amide bonds. The third-order valence-electron chi connectivity index (χ3n) is 5.52. The Labute approximate surface area is 217 Å². The van der Waals surface area contributed by atoms with Crippen LogP contribution in [0.25, 0.3) is 6.08 Å². The molecule has 0 unspecified atom stereocenters. The van der Waals surface area contributed by atoms with Gasteiger partial charge in [-0.3, -0.25) is 19.4 Å². The lowest BCUT2D eigenvalue weighted by Crippen LogP contribution is -2.32. The van der Waals surface area contributed by atoms with Crippen LogP contribution in [0.4, 0.5) is 11.4 Å². The van der Waals surface area contributed by atoms with Crippen LogP contribution in [0.2, 0.25) is 5.02 Å². The molecule has 4 nitrogen and oxygen atoms in total. The molecule has 5 rings (SSSR count). The normalized spacial score (nSPS) is 16.1. The van der Waals surface area contributed by atoms with Gasteiger partial charge in [0, 0.05) is 27.8 Å². The number of amides is 2. The zero-order valence-corrected chi connectivity index (χ0v) is 21.1. The summed E-state index contributed by atoms with van der Waals surface area (Å²) in [5.74, 6) is -0.148. The summed E-state index contributed by atoms with van der Waals surface area (Å²) in [6.07, 6.45) is 2.58. The number of hydrogen-bond donors (Lipinski definition) is 0. The number of nitrogens with zero attached hydrogens (tertiary/aromatic N) is 2. The Morgan fingerprint density at radius 3 is 2.21 bits per heavy atom. The van der Waals surface area contributed by atoms with Crippen molar-refractivity contribution in [3.05, 3.63) is 88.3 Å². The Kier molecular flexibility index (Phi) is 6.79. The van der Waals surface area contributed by atoms with Crippen LogP contribution in [0.15, 0.2) is 87.5 Å². The molecule has 2 heterocycles. The standard InChI is InChI=1S/C26H19ClN2O2S3/c27-18-9-2-1-8-17(18)16-23-25(31)28(26(32)34-23)15-7-14-24(30)29-19-10-3-5-12-21(19)33-22-13-6-4-11-20(22)29/h1-6,8-13,16H,7,14-15H2/b23-16-. The van der Waals surface area contributed by atoms with Crippen molar-refractivity contribution < 1.29 is 9.59 Å². The van der Waals surface area contributed by atoms with Crippen LogP contribution in [0.1, 0.15) is 18.4 Å². The predicted octanol–water partition coefficient (Wildman–Crippen LogP) is 7.15. The summed E-state index contributed by atoms with van der Waals surface area (Å²) in [6.45, 7) is 0.391. The minimum atomic E-state index is -0.146. The molecular weight excluding hydrogens is 504 g/mol. The van der Waals surface area contributed by atoms with E-state index < -0.39 is 0 Å². The van der Waals surface area contributed by atoms with Crippen molar-refractivity contribution in [3.8, 4) is 0 Å². The number of thioether (sulfide) groups is 1. The van der Waals surface area contributed by atoms with Gasteiger partial charge in [-0.2, -0.15) is 0 Å². The van der Waals surface area contributed by atoms with Gasteiger partial charge >= 0.3 is 0 Å². The second-order valence-electron chi connectivity index (χ2n) is 7.73. The van der Waals surface area contributed by atoms with E-state index in [1.54, 1.807) is 33.7 Å². The summed E-state index contributed by atoms with van der Waals surface area (Å²) in [7, 11) is 0. The lowest BCUT2D eigenvalue weighted by molar-refractivity contribution is -0.123. The maximum absolute atomic E-state index is 13.4. The van der Waals surface area contributed by atoms with Gasteiger partial charge in [-0.1, -0.05) is 89.8 Å². The molecule has 0 bridgehead atoms. The minimum absolute atomic E-state index is 0.00255. The van der Waals surface area contributed by atoms with Crippen molar-refractivity contribution >= 4 is 80.9 Å². The van der Waals surface area contributed by atoms with E-state index in [2.05, 4.69) is 0 Å². The Morgan fingerprint density at radius 1 is 0.912 bits per heavy atom. The van der Waals surface area contributed by atoms with Crippen LogP contribution < -0.4 is 4.90 Å². The van der Waals surface area contributed by atoms with Gasteiger partial charge < -0.3 is 0 Å². The Morgan fingerprint density at radius 2 is 1.53 bits per heavy atom. The fourth-order valence-electron chi connectivity index (χ4n) is 3.90. The molecule has 0 atom stereocenters. The summed E-state index contributed by atoms with van der Waals surface area (Å²) in [5.41, 5.74) is 2.56. The first-order chi connectivity index (χ1) is 16.5. The number of hydrogen-bond acceptors (Lipinski definition) is 5. The van der Waals surface area contributed by atoms with Crippen LogP contribution in [-0.2, 0) is 9.59 Å². The molecule has 1 saturated heterocycles. The number of para-hydroxylation sites is 2. The minimum Gasteiger partial charge on any atom is -0.293 e. The average molecular weight is 523 g/mol. The molecule has 3 aromatic carbocycles. The quantitative estimate of drug-likeness (QED) is 0.263. The topological polar surface area (TPSA) is 40.6 Å². The first-order valence-corrected chi connectivity index (χ1v) is 13.1. The third kappa shape index (κ3) is 4.53. The number of fused-ring (bicyclic) bond motifs is 2. The SMILES string of the molecule is O=C1/C(=C/c2ccccc2Cl)SC(=S)N1CCCC(=O)N1c2ccccc2Sc2ccccc21. The van der Waals surface area contributed by atoms with E-state index in [4.69, 9.17) is 23.8 Å². The summed E-state index contributed by atoms with van der Waals surface area (Å²) in [4.78, 5) is 32.3. The lowest BCUT2D eigenvalue weighted by Gasteiger charge is -2.31. The third-order valence-corrected chi connectivity index (χ3v) is 8.37.